The first-order valence-electron chi connectivity index (χ1n) is 8.50. The van der Waals surface area contributed by atoms with Crippen molar-refractivity contribution in [3.63, 3.8) is 0 Å². The van der Waals surface area contributed by atoms with Gasteiger partial charge in [0.15, 0.2) is 9.84 Å². The fourth-order valence-electron chi connectivity index (χ4n) is 3.67. The zero-order valence-corrected chi connectivity index (χ0v) is 14.4. The predicted octanol–water partition coefficient (Wildman–Crippen LogP) is 2.01. The maximum Gasteiger partial charge on any atom is 0.222 e. The molecule has 1 amide bonds. The van der Waals surface area contributed by atoms with E-state index < -0.39 is 9.84 Å². The summed E-state index contributed by atoms with van der Waals surface area (Å²) in [5.41, 5.74) is 0. The molecule has 2 aliphatic rings. The van der Waals surface area contributed by atoms with Crippen molar-refractivity contribution in [1.29, 1.82) is 0 Å². The van der Waals surface area contributed by atoms with Gasteiger partial charge >= 0.3 is 0 Å². The highest BCUT2D eigenvalue weighted by atomic mass is 32.2. The number of ether oxygens (including phenoxy) is 1. The second-order valence-electron chi connectivity index (χ2n) is 6.68. The number of carbonyl (C=O) groups is 1. The van der Waals surface area contributed by atoms with E-state index in [1.807, 2.05) is 0 Å². The van der Waals surface area contributed by atoms with Crippen LogP contribution >= 0.6 is 0 Å². The first-order chi connectivity index (χ1) is 10.5. The molecule has 0 aromatic carbocycles. The highest BCUT2D eigenvalue weighted by Gasteiger charge is 2.34. The Balaban J connectivity index is 1.88. The van der Waals surface area contributed by atoms with Crippen LogP contribution < -0.4 is 0 Å². The van der Waals surface area contributed by atoms with Gasteiger partial charge in [-0.25, -0.2) is 8.42 Å². The van der Waals surface area contributed by atoms with Gasteiger partial charge in [-0.15, -0.1) is 0 Å². The molecule has 5 nitrogen and oxygen atoms in total. The number of sulfone groups is 1. The maximum absolute atomic E-state index is 12.6. The summed E-state index contributed by atoms with van der Waals surface area (Å²) in [6, 6.07) is -0.154. The highest BCUT2D eigenvalue weighted by Crippen LogP contribution is 2.28. The molecule has 2 fully saturated rings. The van der Waals surface area contributed by atoms with Crippen molar-refractivity contribution in [3.8, 4) is 0 Å². The van der Waals surface area contributed by atoms with E-state index in [1.165, 1.54) is 32.1 Å². The van der Waals surface area contributed by atoms with E-state index in [2.05, 4.69) is 0 Å². The Morgan fingerprint density at radius 2 is 1.91 bits per heavy atom. The molecule has 1 aliphatic carbocycles. The van der Waals surface area contributed by atoms with Crippen LogP contribution in [-0.2, 0) is 19.4 Å². The molecule has 1 saturated carbocycles. The number of amides is 1. The molecule has 1 unspecified atom stereocenters. The molecule has 0 radical (unpaired) electrons. The summed E-state index contributed by atoms with van der Waals surface area (Å²) in [6.07, 6.45) is 8.44. The molecule has 0 aromatic heterocycles. The number of nitrogens with zero attached hydrogens (tertiary/aromatic N) is 1. The van der Waals surface area contributed by atoms with Crippen LogP contribution in [0.2, 0.25) is 0 Å². The third-order valence-corrected chi connectivity index (χ3v) is 6.75. The third-order valence-electron chi connectivity index (χ3n) is 5.00. The summed E-state index contributed by atoms with van der Waals surface area (Å²) in [5, 5.41) is 0. The molecular weight excluding hydrogens is 302 g/mol. The Hall–Kier alpha value is -0.620. The van der Waals surface area contributed by atoms with Gasteiger partial charge in [0.1, 0.15) is 0 Å². The van der Waals surface area contributed by atoms with E-state index in [4.69, 9.17) is 4.74 Å². The van der Waals surface area contributed by atoms with Crippen molar-refractivity contribution in [2.75, 3.05) is 31.8 Å². The lowest BCUT2D eigenvalue weighted by Gasteiger charge is -2.29. The number of hydrogen-bond acceptors (Lipinski definition) is 4. The number of rotatable bonds is 7. The summed E-state index contributed by atoms with van der Waals surface area (Å²) < 4.78 is 28.4. The summed E-state index contributed by atoms with van der Waals surface area (Å²) in [5.74, 6) is 1.10. The average Bonchev–Trinajstić information content (AvgIpc) is 2.86. The largest absolute Gasteiger partial charge is 0.383 e. The van der Waals surface area contributed by atoms with Crippen LogP contribution in [0.3, 0.4) is 0 Å². The first kappa shape index (κ1) is 17.7. The van der Waals surface area contributed by atoms with Crippen LogP contribution in [0, 0.1) is 5.92 Å². The lowest BCUT2D eigenvalue weighted by atomic mass is 9.86. The van der Waals surface area contributed by atoms with Crippen molar-refractivity contribution in [2.24, 2.45) is 5.92 Å². The minimum absolute atomic E-state index is 0.102. The van der Waals surface area contributed by atoms with Gasteiger partial charge in [-0.1, -0.05) is 32.1 Å². The van der Waals surface area contributed by atoms with E-state index >= 15 is 0 Å². The van der Waals surface area contributed by atoms with Gasteiger partial charge in [-0.2, -0.15) is 0 Å². The zero-order valence-electron chi connectivity index (χ0n) is 13.6. The van der Waals surface area contributed by atoms with Crippen LogP contribution in [0.4, 0.5) is 0 Å². The third kappa shape index (κ3) is 5.23. The van der Waals surface area contributed by atoms with Gasteiger partial charge in [-0.05, 0) is 18.8 Å². The number of hydrogen-bond donors (Lipinski definition) is 0. The van der Waals surface area contributed by atoms with Gasteiger partial charge in [0, 0.05) is 26.1 Å². The fraction of sp³-hybridized carbons (Fsp3) is 0.938. The van der Waals surface area contributed by atoms with E-state index in [9.17, 15) is 13.2 Å². The lowest BCUT2D eigenvalue weighted by Crippen LogP contribution is -2.43. The molecule has 0 N–H and O–H groups in total. The zero-order chi connectivity index (χ0) is 16.0. The van der Waals surface area contributed by atoms with Gasteiger partial charge in [-0.3, -0.25) is 4.79 Å². The average molecular weight is 331 g/mol. The fourth-order valence-corrected chi connectivity index (χ4v) is 5.40. The summed E-state index contributed by atoms with van der Waals surface area (Å²) >= 11 is 0. The van der Waals surface area contributed by atoms with Crippen LogP contribution in [0.25, 0.3) is 0 Å². The Bertz CT molecular complexity index is 457. The van der Waals surface area contributed by atoms with Gasteiger partial charge < -0.3 is 9.64 Å². The number of carbonyl (C=O) groups excluding carboxylic acids is 1. The second kappa shape index (κ2) is 8.29. The molecule has 1 aliphatic heterocycles. The maximum atomic E-state index is 12.6. The second-order valence-corrected chi connectivity index (χ2v) is 8.91. The van der Waals surface area contributed by atoms with Gasteiger partial charge in [0.25, 0.3) is 0 Å². The van der Waals surface area contributed by atoms with Crippen molar-refractivity contribution in [1.82, 2.24) is 4.90 Å². The standard InChI is InChI=1S/C16H29NO4S/c1-21-11-10-17(15-9-12-22(19,20)13-15)16(18)8-7-14-5-3-2-4-6-14/h14-15H,2-13H2,1H3. The number of methoxy groups -OCH3 is 1. The minimum Gasteiger partial charge on any atom is -0.383 e. The molecule has 1 atom stereocenters. The highest BCUT2D eigenvalue weighted by molar-refractivity contribution is 7.91. The van der Waals surface area contributed by atoms with Crippen molar-refractivity contribution >= 4 is 15.7 Å². The Labute approximate surface area is 134 Å². The van der Waals surface area contributed by atoms with Gasteiger partial charge in [0.05, 0.1) is 18.1 Å². The van der Waals surface area contributed by atoms with Gasteiger partial charge in [0.2, 0.25) is 5.91 Å². The molecule has 1 saturated heterocycles. The Morgan fingerprint density at radius 3 is 2.50 bits per heavy atom. The summed E-state index contributed by atoms with van der Waals surface area (Å²) in [7, 11) is -1.36. The summed E-state index contributed by atoms with van der Waals surface area (Å²) in [6.45, 7) is 0.964. The molecule has 128 valence electrons. The molecular formula is C16H29NO4S. The van der Waals surface area contributed by atoms with Crippen LogP contribution in [-0.4, -0.2) is 57.0 Å². The Morgan fingerprint density at radius 1 is 1.18 bits per heavy atom. The van der Waals surface area contributed by atoms with Crippen molar-refractivity contribution < 1.29 is 17.9 Å². The van der Waals surface area contributed by atoms with Crippen LogP contribution in [0.1, 0.15) is 51.4 Å². The molecule has 2 rings (SSSR count). The molecule has 6 heteroatoms. The first-order valence-corrected chi connectivity index (χ1v) is 10.3. The van der Waals surface area contributed by atoms with Crippen molar-refractivity contribution in [2.45, 2.75) is 57.4 Å². The quantitative estimate of drug-likeness (QED) is 0.716. The topological polar surface area (TPSA) is 63.7 Å². The smallest absolute Gasteiger partial charge is 0.222 e. The summed E-state index contributed by atoms with van der Waals surface area (Å²) in [4.78, 5) is 14.3. The minimum atomic E-state index is -2.97. The monoisotopic (exact) mass is 331 g/mol. The molecule has 1 heterocycles. The molecule has 0 spiro atoms. The predicted molar refractivity (Wildman–Crippen MR) is 86.5 cm³/mol. The van der Waals surface area contributed by atoms with E-state index in [1.54, 1.807) is 12.0 Å². The van der Waals surface area contributed by atoms with E-state index in [0.717, 1.165) is 6.42 Å². The molecule has 22 heavy (non-hydrogen) atoms. The SMILES string of the molecule is COCCN(C(=O)CCC1CCCCC1)C1CCS(=O)(=O)C1. The van der Waals surface area contributed by atoms with Crippen LogP contribution in [0.15, 0.2) is 0 Å². The van der Waals surface area contributed by atoms with Crippen molar-refractivity contribution in [3.05, 3.63) is 0 Å². The van der Waals surface area contributed by atoms with E-state index in [-0.39, 0.29) is 23.5 Å². The van der Waals surface area contributed by atoms with E-state index in [0.29, 0.717) is 31.9 Å². The normalized spacial score (nSPS) is 25.2. The lowest BCUT2D eigenvalue weighted by molar-refractivity contribution is -0.134. The molecule has 0 bridgehead atoms. The Kier molecular flexibility index (Phi) is 6.68. The molecule has 0 aromatic rings. The van der Waals surface area contributed by atoms with Crippen LogP contribution in [0.5, 0.6) is 0 Å².